The summed E-state index contributed by atoms with van der Waals surface area (Å²) in [6.07, 6.45) is 2.86. The second kappa shape index (κ2) is 5.74. The summed E-state index contributed by atoms with van der Waals surface area (Å²) < 4.78 is 0.752. The van der Waals surface area contributed by atoms with Gasteiger partial charge in [0.2, 0.25) is 0 Å². The van der Waals surface area contributed by atoms with Gasteiger partial charge in [-0.25, -0.2) is 0 Å². The molecule has 80 valence electrons. The molecule has 0 aliphatic carbocycles. The van der Waals surface area contributed by atoms with Crippen molar-refractivity contribution in [3.05, 3.63) is 21.3 Å². The van der Waals surface area contributed by atoms with Crippen LogP contribution in [0.1, 0.15) is 44.1 Å². The molecular weight excluding hydrogens is 216 g/mol. The van der Waals surface area contributed by atoms with E-state index in [-0.39, 0.29) is 6.10 Å². The van der Waals surface area contributed by atoms with Crippen molar-refractivity contribution in [1.29, 1.82) is 0 Å². The first-order valence-electron chi connectivity index (χ1n) is 5.06. The fourth-order valence-electron chi connectivity index (χ4n) is 1.62. The fraction of sp³-hybridized carbons (Fsp3) is 0.636. The maximum absolute atomic E-state index is 9.88. The van der Waals surface area contributed by atoms with E-state index in [2.05, 4.69) is 13.8 Å². The summed E-state index contributed by atoms with van der Waals surface area (Å²) in [6.45, 7) is 4.35. The van der Waals surface area contributed by atoms with Gasteiger partial charge >= 0.3 is 0 Å². The lowest BCUT2D eigenvalue weighted by atomic mass is 9.98. The molecule has 3 heteroatoms. The third kappa shape index (κ3) is 3.60. The molecule has 1 rings (SSSR count). The second-order valence-corrected chi connectivity index (χ2v) is 5.53. The van der Waals surface area contributed by atoms with Crippen LogP contribution in [-0.4, -0.2) is 5.11 Å². The molecule has 14 heavy (non-hydrogen) atoms. The molecule has 0 aliphatic rings. The van der Waals surface area contributed by atoms with Crippen molar-refractivity contribution >= 4 is 22.9 Å². The molecule has 2 unspecified atom stereocenters. The largest absolute Gasteiger partial charge is 0.388 e. The Balaban J connectivity index is 2.45. The molecule has 0 aliphatic heterocycles. The first-order valence-corrected chi connectivity index (χ1v) is 6.26. The number of hydrogen-bond acceptors (Lipinski definition) is 2. The average molecular weight is 233 g/mol. The zero-order valence-electron chi connectivity index (χ0n) is 8.66. The Hall–Kier alpha value is -0.0500. The summed E-state index contributed by atoms with van der Waals surface area (Å²) in [5.41, 5.74) is 0. The van der Waals surface area contributed by atoms with E-state index >= 15 is 0 Å². The molecular formula is C11H17ClOS. The molecule has 0 saturated carbocycles. The Morgan fingerprint density at radius 3 is 2.71 bits per heavy atom. The van der Waals surface area contributed by atoms with Crippen LogP contribution in [0, 0.1) is 5.92 Å². The SMILES string of the molecule is CCCC(C)CC(O)c1ccc(Cl)s1. The van der Waals surface area contributed by atoms with Crippen molar-refractivity contribution in [2.45, 2.75) is 39.2 Å². The highest BCUT2D eigenvalue weighted by atomic mass is 35.5. The first kappa shape index (κ1) is 12.0. The zero-order chi connectivity index (χ0) is 10.6. The Morgan fingerprint density at radius 1 is 1.50 bits per heavy atom. The van der Waals surface area contributed by atoms with Crippen molar-refractivity contribution in [2.75, 3.05) is 0 Å². The molecule has 1 heterocycles. The predicted molar refractivity (Wildman–Crippen MR) is 63.0 cm³/mol. The van der Waals surface area contributed by atoms with E-state index in [1.54, 1.807) is 0 Å². The summed E-state index contributed by atoms with van der Waals surface area (Å²) in [7, 11) is 0. The highest BCUT2D eigenvalue weighted by Crippen LogP contribution is 2.31. The van der Waals surface area contributed by atoms with Gasteiger partial charge in [-0.15, -0.1) is 11.3 Å². The van der Waals surface area contributed by atoms with E-state index < -0.39 is 0 Å². The quantitative estimate of drug-likeness (QED) is 0.804. The first-order chi connectivity index (χ1) is 6.63. The number of thiophene rings is 1. The lowest BCUT2D eigenvalue weighted by molar-refractivity contribution is 0.148. The van der Waals surface area contributed by atoms with E-state index in [0.29, 0.717) is 5.92 Å². The average Bonchev–Trinajstić information content (AvgIpc) is 2.52. The zero-order valence-corrected chi connectivity index (χ0v) is 10.2. The van der Waals surface area contributed by atoms with E-state index in [1.807, 2.05) is 12.1 Å². The summed E-state index contributed by atoms with van der Waals surface area (Å²) in [6, 6.07) is 3.76. The molecule has 1 nitrogen and oxygen atoms in total. The molecule has 0 spiro atoms. The number of aliphatic hydroxyl groups is 1. The van der Waals surface area contributed by atoms with Gasteiger partial charge in [0.15, 0.2) is 0 Å². The van der Waals surface area contributed by atoms with Crippen molar-refractivity contribution in [3.63, 3.8) is 0 Å². The van der Waals surface area contributed by atoms with Crippen molar-refractivity contribution < 1.29 is 5.11 Å². The van der Waals surface area contributed by atoms with Gasteiger partial charge in [-0.2, -0.15) is 0 Å². The Kier molecular flexibility index (Phi) is 4.93. The molecule has 0 radical (unpaired) electrons. The third-order valence-corrected chi connectivity index (χ3v) is 3.66. The monoisotopic (exact) mass is 232 g/mol. The molecule has 2 atom stereocenters. The van der Waals surface area contributed by atoms with Crippen molar-refractivity contribution in [3.8, 4) is 0 Å². The molecule has 1 N–H and O–H groups in total. The standard InChI is InChI=1S/C11H17ClOS/c1-3-4-8(2)7-9(13)10-5-6-11(12)14-10/h5-6,8-9,13H,3-4,7H2,1-2H3. The van der Waals surface area contributed by atoms with E-state index in [4.69, 9.17) is 11.6 Å². The normalized spacial score (nSPS) is 15.4. The number of hydrogen-bond donors (Lipinski definition) is 1. The lowest BCUT2D eigenvalue weighted by Crippen LogP contribution is -2.02. The smallest absolute Gasteiger partial charge is 0.0932 e. The minimum atomic E-state index is -0.339. The van der Waals surface area contributed by atoms with Crippen LogP contribution in [0.2, 0.25) is 4.34 Å². The molecule has 0 saturated heterocycles. The van der Waals surface area contributed by atoms with Crippen LogP contribution < -0.4 is 0 Å². The molecule has 0 bridgehead atoms. The summed E-state index contributed by atoms with van der Waals surface area (Å²) in [4.78, 5) is 0.984. The van der Waals surface area contributed by atoms with Gasteiger partial charge in [0.25, 0.3) is 0 Å². The predicted octanol–water partition coefficient (Wildman–Crippen LogP) is 4.26. The van der Waals surface area contributed by atoms with Crippen LogP contribution in [0.25, 0.3) is 0 Å². The van der Waals surface area contributed by atoms with Gasteiger partial charge in [0, 0.05) is 4.88 Å². The van der Waals surface area contributed by atoms with E-state index in [0.717, 1.165) is 15.6 Å². The van der Waals surface area contributed by atoms with Crippen LogP contribution in [-0.2, 0) is 0 Å². The van der Waals surface area contributed by atoms with Crippen LogP contribution >= 0.6 is 22.9 Å². The highest BCUT2D eigenvalue weighted by Gasteiger charge is 2.13. The Morgan fingerprint density at radius 2 is 2.21 bits per heavy atom. The topological polar surface area (TPSA) is 20.2 Å². The Labute approximate surface area is 94.7 Å². The maximum atomic E-state index is 9.88. The van der Waals surface area contributed by atoms with E-state index in [9.17, 15) is 5.11 Å². The van der Waals surface area contributed by atoms with Crippen LogP contribution in [0.15, 0.2) is 12.1 Å². The Bertz CT molecular complexity index is 272. The molecule has 1 aromatic heterocycles. The second-order valence-electron chi connectivity index (χ2n) is 3.79. The maximum Gasteiger partial charge on any atom is 0.0932 e. The van der Waals surface area contributed by atoms with Gasteiger partial charge < -0.3 is 5.11 Å². The minimum Gasteiger partial charge on any atom is -0.388 e. The van der Waals surface area contributed by atoms with Gasteiger partial charge in [-0.3, -0.25) is 0 Å². The van der Waals surface area contributed by atoms with Gasteiger partial charge in [-0.1, -0.05) is 38.3 Å². The highest BCUT2D eigenvalue weighted by molar-refractivity contribution is 7.16. The van der Waals surface area contributed by atoms with Crippen molar-refractivity contribution in [1.82, 2.24) is 0 Å². The van der Waals surface area contributed by atoms with Gasteiger partial charge in [0.1, 0.15) is 0 Å². The van der Waals surface area contributed by atoms with Crippen LogP contribution in [0.3, 0.4) is 0 Å². The number of rotatable bonds is 5. The third-order valence-electron chi connectivity index (χ3n) is 2.33. The summed E-state index contributed by atoms with van der Waals surface area (Å²) >= 11 is 7.28. The minimum absolute atomic E-state index is 0.339. The number of halogens is 1. The van der Waals surface area contributed by atoms with Gasteiger partial charge in [0.05, 0.1) is 10.4 Å². The molecule has 0 fully saturated rings. The lowest BCUT2D eigenvalue weighted by Gasteiger charge is -2.14. The summed E-state index contributed by atoms with van der Waals surface area (Å²) in [5, 5.41) is 9.88. The number of aliphatic hydroxyl groups excluding tert-OH is 1. The molecule has 1 aromatic rings. The molecule has 0 aromatic carbocycles. The van der Waals surface area contributed by atoms with Gasteiger partial charge in [-0.05, 0) is 24.5 Å². The summed E-state index contributed by atoms with van der Waals surface area (Å²) in [5.74, 6) is 0.580. The van der Waals surface area contributed by atoms with E-state index in [1.165, 1.54) is 24.2 Å². The van der Waals surface area contributed by atoms with Crippen molar-refractivity contribution in [2.24, 2.45) is 5.92 Å². The molecule has 0 amide bonds. The van der Waals surface area contributed by atoms with Crippen LogP contribution in [0.5, 0.6) is 0 Å². The van der Waals surface area contributed by atoms with Crippen LogP contribution in [0.4, 0.5) is 0 Å². The fourth-order valence-corrected chi connectivity index (χ4v) is 2.68.